The van der Waals surface area contributed by atoms with E-state index in [4.69, 9.17) is 10.6 Å². The van der Waals surface area contributed by atoms with Gasteiger partial charge in [0.1, 0.15) is 0 Å². The van der Waals surface area contributed by atoms with Gasteiger partial charge >= 0.3 is 0 Å². The highest BCUT2D eigenvalue weighted by molar-refractivity contribution is 5.93. The Hall–Kier alpha value is -1.60. The van der Waals surface area contributed by atoms with Gasteiger partial charge < -0.3 is 10.1 Å². The van der Waals surface area contributed by atoms with Gasteiger partial charge in [0, 0.05) is 19.3 Å². The summed E-state index contributed by atoms with van der Waals surface area (Å²) in [6.07, 6.45) is 3.58. The molecule has 17 heavy (non-hydrogen) atoms. The van der Waals surface area contributed by atoms with Crippen LogP contribution >= 0.6 is 0 Å². The molecule has 0 amide bonds. The maximum atomic E-state index is 5.37. The highest BCUT2D eigenvalue weighted by atomic mass is 16.5. The van der Waals surface area contributed by atoms with E-state index in [1.54, 1.807) is 18.0 Å². The van der Waals surface area contributed by atoms with Crippen molar-refractivity contribution in [2.45, 2.75) is 26.4 Å². The van der Waals surface area contributed by atoms with Crippen LogP contribution in [0.15, 0.2) is 17.4 Å². The van der Waals surface area contributed by atoms with Crippen molar-refractivity contribution in [1.82, 2.24) is 15.2 Å². The van der Waals surface area contributed by atoms with Crippen molar-refractivity contribution in [3.63, 3.8) is 0 Å². The summed E-state index contributed by atoms with van der Waals surface area (Å²) in [5, 5.41) is 7.22. The summed E-state index contributed by atoms with van der Waals surface area (Å²) < 4.78 is 6.76. The smallest absolute Gasteiger partial charge is 0.210 e. The topological polar surface area (TPSA) is 89.5 Å². The van der Waals surface area contributed by atoms with Gasteiger partial charge in [0.25, 0.3) is 0 Å². The molecule has 0 radical (unpaired) electrons. The first-order valence-electron chi connectivity index (χ1n) is 5.48. The number of nitrogens with one attached hydrogen (secondary N) is 2. The van der Waals surface area contributed by atoms with E-state index < -0.39 is 0 Å². The molecule has 0 aliphatic carbocycles. The average molecular weight is 240 g/mol. The van der Waals surface area contributed by atoms with Crippen molar-refractivity contribution in [1.29, 1.82) is 0 Å². The summed E-state index contributed by atoms with van der Waals surface area (Å²) in [6, 6.07) is 0.164. The van der Waals surface area contributed by atoms with Crippen LogP contribution in [0.4, 0.5) is 5.69 Å². The van der Waals surface area contributed by atoms with Crippen molar-refractivity contribution < 1.29 is 4.74 Å². The molecule has 0 atom stereocenters. The number of ether oxygens (including phenoxy) is 1. The minimum atomic E-state index is 0.164. The fraction of sp³-hybridized carbons (Fsp3) is 0.600. The highest BCUT2D eigenvalue weighted by Gasteiger charge is 2.02. The minimum absolute atomic E-state index is 0.164. The van der Waals surface area contributed by atoms with E-state index in [-0.39, 0.29) is 6.04 Å². The molecule has 7 nitrogen and oxygen atoms in total. The zero-order chi connectivity index (χ0) is 12.7. The van der Waals surface area contributed by atoms with Crippen LogP contribution in [0.3, 0.4) is 0 Å². The Morgan fingerprint density at radius 3 is 3.00 bits per heavy atom. The van der Waals surface area contributed by atoms with Crippen LogP contribution in [-0.4, -0.2) is 35.5 Å². The lowest BCUT2D eigenvalue weighted by atomic mass is 10.4. The molecule has 1 aromatic rings. The van der Waals surface area contributed by atoms with Crippen molar-refractivity contribution in [2.75, 3.05) is 19.0 Å². The number of guanidine groups is 1. The molecule has 7 heteroatoms. The summed E-state index contributed by atoms with van der Waals surface area (Å²) in [6.45, 7) is 5.29. The second-order valence-corrected chi connectivity index (χ2v) is 3.83. The lowest BCUT2D eigenvalue weighted by Gasteiger charge is -2.08. The van der Waals surface area contributed by atoms with Crippen molar-refractivity contribution in [2.24, 2.45) is 10.8 Å². The lowest BCUT2D eigenvalue weighted by Crippen LogP contribution is -2.36. The number of nitrogens with two attached hydrogens (primary N) is 1. The standard InChI is InChI=1S/C10H20N6O/c1-8(2)13-10(15-11)14-9-6-12-16(7-9)4-5-17-3/h6-8H,4-5,11H2,1-3H3,(H2,13,14,15). The number of nitrogens with zero attached hydrogens (tertiary/aromatic N) is 3. The maximum Gasteiger partial charge on any atom is 0.210 e. The molecule has 96 valence electrons. The molecule has 0 aromatic carbocycles. The van der Waals surface area contributed by atoms with Gasteiger partial charge in [-0.05, 0) is 13.8 Å². The van der Waals surface area contributed by atoms with Gasteiger partial charge in [-0.15, -0.1) is 0 Å². The molecule has 0 saturated carbocycles. The first-order valence-corrected chi connectivity index (χ1v) is 5.48. The SMILES string of the molecule is COCCn1cc(NC(=NC(C)C)NN)cn1. The van der Waals surface area contributed by atoms with Crippen LogP contribution in [0.1, 0.15) is 13.8 Å². The molecular weight excluding hydrogens is 220 g/mol. The number of hydrogen-bond acceptors (Lipinski definition) is 4. The Morgan fingerprint density at radius 2 is 2.41 bits per heavy atom. The Labute approximate surface area is 101 Å². The van der Waals surface area contributed by atoms with Gasteiger partial charge in [-0.25, -0.2) is 10.8 Å². The third-order valence-corrected chi connectivity index (χ3v) is 1.94. The van der Waals surface area contributed by atoms with Crippen LogP contribution in [0.5, 0.6) is 0 Å². The fourth-order valence-electron chi connectivity index (χ4n) is 1.24. The van der Waals surface area contributed by atoms with E-state index in [2.05, 4.69) is 20.8 Å². The molecule has 0 spiro atoms. The van der Waals surface area contributed by atoms with Gasteiger partial charge in [-0.2, -0.15) is 5.10 Å². The predicted molar refractivity (Wildman–Crippen MR) is 67.6 cm³/mol. The van der Waals surface area contributed by atoms with E-state index in [0.717, 1.165) is 5.69 Å². The molecule has 0 saturated heterocycles. The third-order valence-electron chi connectivity index (χ3n) is 1.94. The van der Waals surface area contributed by atoms with Crippen LogP contribution in [-0.2, 0) is 11.3 Å². The number of aromatic nitrogens is 2. The van der Waals surface area contributed by atoms with E-state index in [0.29, 0.717) is 19.1 Å². The normalized spacial score (nSPS) is 11.9. The first-order chi connectivity index (χ1) is 8.15. The molecule has 0 bridgehead atoms. The maximum absolute atomic E-state index is 5.37. The molecular formula is C10H20N6O. The number of anilines is 1. The number of hydrogen-bond donors (Lipinski definition) is 3. The van der Waals surface area contributed by atoms with Gasteiger partial charge in [0.15, 0.2) is 0 Å². The molecule has 0 fully saturated rings. The second-order valence-electron chi connectivity index (χ2n) is 3.83. The molecule has 0 unspecified atom stereocenters. The molecule has 4 N–H and O–H groups in total. The number of methoxy groups -OCH3 is 1. The Bertz CT molecular complexity index is 359. The zero-order valence-electron chi connectivity index (χ0n) is 10.5. The quantitative estimate of drug-likeness (QED) is 0.295. The monoisotopic (exact) mass is 240 g/mol. The Kier molecular flexibility index (Phi) is 5.44. The lowest BCUT2D eigenvalue weighted by molar-refractivity contribution is 0.183. The zero-order valence-corrected chi connectivity index (χ0v) is 10.5. The largest absolute Gasteiger partial charge is 0.383 e. The van der Waals surface area contributed by atoms with Crippen LogP contribution in [0.25, 0.3) is 0 Å². The minimum Gasteiger partial charge on any atom is -0.383 e. The van der Waals surface area contributed by atoms with Crippen LogP contribution in [0.2, 0.25) is 0 Å². The van der Waals surface area contributed by atoms with Crippen molar-refractivity contribution in [3.8, 4) is 0 Å². The highest BCUT2D eigenvalue weighted by Crippen LogP contribution is 2.04. The number of aliphatic imine (C=N–C) groups is 1. The first kappa shape index (κ1) is 13.5. The van der Waals surface area contributed by atoms with Crippen LogP contribution in [0, 0.1) is 0 Å². The second kappa shape index (κ2) is 6.87. The summed E-state index contributed by atoms with van der Waals surface area (Å²) >= 11 is 0. The summed E-state index contributed by atoms with van der Waals surface area (Å²) in [5.41, 5.74) is 3.34. The van der Waals surface area contributed by atoms with Crippen LogP contribution < -0.4 is 16.6 Å². The van der Waals surface area contributed by atoms with E-state index in [1.807, 2.05) is 20.0 Å². The predicted octanol–water partition coefficient (Wildman–Crippen LogP) is 0.169. The Morgan fingerprint density at radius 1 is 1.65 bits per heavy atom. The number of rotatable bonds is 5. The van der Waals surface area contributed by atoms with Gasteiger partial charge in [-0.1, -0.05) is 0 Å². The molecule has 1 heterocycles. The third kappa shape index (κ3) is 4.83. The molecule has 0 aliphatic rings. The molecule has 1 aromatic heterocycles. The average Bonchev–Trinajstić information content (AvgIpc) is 2.72. The van der Waals surface area contributed by atoms with Gasteiger partial charge in [0.2, 0.25) is 5.96 Å². The van der Waals surface area contributed by atoms with Crippen molar-refractivity contribution in [3.05, 3.63) is 12.4 Å². The summed E-state index contributed by atoms with van der Waals surface area (Å²) in [4.78, 5) is 4.27. The summed E-state index contributed by atoms with van der Waals surface area (Å²) in [5.74, 6) is 5.89. The molecule has 1 rings (SSSR count). The molecule has 0 aliphatic heterocycles. The van der Waals surface area contributed by atoms with E-state index in [1.165, 1.54) is 0 Å². The van der Waals surface area contributed by atoms with Crippen molar-refractivity contribution >= 4 is 11.6 Å². The number of hydrazine groups is 1. The van der Waals surface area contributed by atoms with Gasteiger partial charge in [-0.3, -0.25) is 10.1 Å². The van der Waals surface area contributed by atoms with Gasteiger partial charge in [0.05, 0.1) is 25.0 Å². The van der Waals surface area contributed by atoms with E-state index in [9.17, 15) is 0 Å². The Balaban J connectivity index is 2.58. The van der Waals surface area contributed by atoms with E-state index >= 15 is 0 Å². The fourth-order valence-corrected chi connectivity index (χ4v) is 1.24. The summed E-state index contributed by atoms with van der Waals surface area (Å²) in [7, 11) is 1.66.